The molecule has 0 bridgehead atoms. The molecule has 0 aromatic carbocycles. The van der Waals surface area contributed by atoms with E-state index < -0.39 is 18.1 Å². The fourth-order valence-electron chi connectivity index (χ4n) is 1.44. The average Bonchev–Trinajstić information content (AvgIpc) is 2.32. The van der Waals surface area contributed by atoms with Crippen molar-refractivity contribution in [3.05, 3.63) is 0 Å². The first-order chi connectivity index (χ1) is 7.84. The maximum absolute atomic E-state index is 11.8. The van der Waals surface area contributed by atoms with Gasteiger partial charge in [-0.25, -0.2) is 4.79 Å². The first-order valence-corrected chi connectivity index (χ1v) is 6.13. The molecule has 5 nitrogen and oxygen atoms in total. The van der Waals surface area contributed by atoms with E-state index in [0.29, 0.717) is 6.42 Å². The highest BCUT2D eigenvalue weighted by Crippen LogP contribution is 2.10. The van der Waals surface area contributed by atoms with Crippen molar-refractivity contribution < 1.29 is 14.7 Å². The topological polar surface area (TPSA) is 92.4 Å². The maximum Gasteiger partial charge on any atom is 0.326 e. The third-order valence-corrected chi connectivity index (χ3v) is 3.34. The molecule has 100 valence electrons. The highest BCUT2D eigenvalue weighted by molar-refractivity contribution is 5.87. The number of rotatable bonds is 7. The lowest BCUT2D eigenvalue weighted by Crippen LogP contribution is -2.52. The van der Waals surface area contributed by atoms with Crippen LogP contribution in [0.25, 0.3) is 0 Å². The number of hydrogen-bond donors (Lipinski definition) is 3. The molecule has 4 atom stereocenters. The molecule has 17 heavy (non-hydrogen) atoms. The van der Waals surface area contributed by atoms with E-state index in [1.54, 1.807) is 6.92 Å². The van der Waals surface area contributed by atoms with Crippen molar-refractivity contribution in [3.8, 4) is 0 Å². The Labute approximate surface area is 103 Å². The number of nitrogens with one attached hydrogen (secondary N) is 1. The number of carbonyl (C=O) groups is 2. The highest BCUT2D eigenvalue weighted by atomic mass is 16.4. The average molecular weight is 244 g/mol. The quantitative estimate of drug-likeness (QED) is 0.622. The summed E-state index contributed by atoms with van der Waals surface area (Å²) in [6.45, 7) is 7.51. The van der Waals surface area contributed by atoms with Gasteiger partial charge in [-0.15, -0.1) is 0 Å². The largest absolute Gasteiger partial charge is 0.480 e. The zero-order chi connectivity index (χ0) is 13.6. The Morgan fingerprint density at radius 2 is 1.65 bits per heavy atom. The van der Waals surface area contributed by atoms with Crippen LogP contribution < -0.4 is 11.1 Å². The van der Waals surface area contributed by atoms with E-state index in [-0.39, 0.29) is 17.7 Å². The molecule has 0 radical (unpaired) electrons. The van der Waals surface area contributed by atoms with E-state index in [1.165, 1.54) is 0 Å². The lowest BCUT2D eigenvalue weighted by molar-refractivity contribution is -0.143. The van der Waals surface area contributed by atoms with Crippen LogP contribution in [0, 0.1) is 11.8 Å². The molecule has 0 saturated carbocycles. The zero-order valence-electron chi connectivity index (χ0n) is 11.1. The van der Waals surface area contributed by atoms with Crippen molar-refractivity contribution in [2.45, 2.75) is 52.6 Å². The molecular weight excluding hydrogens is 220 g/mol. The summed E-state index contributed by atoms with van der Waals surface area (Å²) in [7, 11) is 0. The number of carbonyl (C=O) groups excluding carboxylic acids is 1. The third-order valence-electron chi connectivity index (χ3n) is 3.34. The normalized spacial score (nSPS) is 17.9. The summed E-state index contributed by atoms with van der Waals surface area (Å²) in [5, 5.41) is 11.6. The lowest BCUT2D eigenvalue weighted by atomic mass is 9.96. The molecule has 0 aromatic heterocycles. The summed E-state index contributed by atoms with van der Waals surface area (Å²) in [5.74, 6) is -1.46. The first-order valence-electron chi connectivity index (χ1n) is 6.13. The van der Waals surface area contributed by atoms with E-state index >= 15 is 0 Å². The minimum Gasteiger partial charge on any atom is -0.480 e. The van der Waals surface area contributed by atoms with Gasteiger partial charge in [0.25, 0.3) is 0 Å². The fourth-order valence-corrected chi connectivity index (χ4v) is 1.44. The van der Waals surface area contributed by atoms with E-state index in [1.807, 2.05) is 20.8 Å². The van der Waals surface area contributed by atoms with Gasteiger partial charge in [0.1, 0.15) is 6.04 Å². The van der Waals surface area contributed by atoms with E-state index in [9.17, 15) is 9.59 Å². The van der Waals surface area contributed by atoms with Crippen LogP contribution in [0.15, 0.2) is 0 Å². The van der Waals surface area contributed by atoms with Crippen LogP contribution in [0.1, 0.15) is 40.5 Å². The molecule has 5 heteroatoms. The number of hydrogen-bond acceptors (Lipinski definition) is 3. The van der Waals surface area contributed by atoms with Gasteiger partial charge in [0.15, 0.2) is 0 Å². The van der Waals surface area contributed by atoms with Crippen LogP contribution >= 0.6 is 0 Å². The lowest BCUT2D eigenvalue weighted by Gasteiger charge is -2.24. The molecule has 1 amide bonds. The molecule has 0 fully saturated rings. The van der Waals surface area contributed by atoms with Crippen molar-refractivity contribution in [2.75, 3.05) is 0 Å². The minimum atomic E-state index is -1.01. The molecule has 0 aliphatic carbocycles. The predicted octanol–water partition coefficient (Wildman–Crippen LogP) is 0.975. The summed E-state index contributed by atoms with van der Waals surface area (Å²) >= 11 is 0. The van der Waals surface area contributed by atoms with E-state index in [0.717, 1.165) is 6.42 Å². The fraction of sp³-hybridized carbons (Fsp3) is 0.833. The van der Waals surface area contributed by atoms with Crippen molar-refractivity contribution >= 4 is 11.9 Å². The van der Waals surface area contributed by atoms with Gasteiger partial charge in [0, 0.05) is 0 Å². The number of nitrogens with two attached hydrogens (primary N) is 1. The Morgan fingerprint density at radius 1 is 1.18 bits per heavy atom. The van der Waals surface area contributed by atoms with Gasteiger partial charge in [-0.3, -0.25) is 4.79 Å². The Balaban J connectivity index is 4.56. The number of carboxylic acid groups (broad SMARTS) is 1. The smallest absolute Gasteiger partial charge is 0.326 e. The Bertz CT molecular complexity index is 268. The molecule has 0 saturated heterocycles. The summed E-state index contributed by atoms with van der Waals surface area (Å²) < 4.78 is 0. The maximum atomic E-state index is 11.8. The first kappa shape index (κ1) is 15.9. The standard InChI is InChI=1S/C12H24N2O3/c1-5-7(3)9(13)11(15)14-10(12(16)17)8(4)6-2/h7-10H,5-6,13H2,1-4H3,(H,14,15)(H,16,17)/t7-,8?,9-,10-/m1/s1. The SMILES string of the molecule is CCC(C)[C@@H](NC(=O)[C@H](N)[C@H](C)CC)C(=O)O. The number of aliphatic carboxylic acids is 1. The Morgan fingerprint density at radius 3 is 2.00 bits per heavy atom. The second-order valence-corrected chi connectivity index (χ2v) is 4.62. The van der Waals surface area contributed by atoms with Crippen molar-refractivity contribution in [2.24, 2.45) is 17.6 Å². The van der Waals surface area contributed by atoms with Gasteiger partial charge in [-0.1, -0.05) is 40.5 Å². The Hall–Kier alpha value is -1.10. The zero-order valence-corrected chi connectivity index (χ0v) is 11.1. The highest BCUT2D eigenvalue weighted by Gasteiger charge is 2.28. The van der Waals surface area contributed by atoms with Crippen LogP contribution in [0.4, 0.5) is 0 Å². The van der Waals surface area contributed by atoms with Gasteiger partial charge >= 0.3 is 5.97 Å². The van der Waals surface area contributed by atoms with Crippen molar-refractivity contribution in [1.29, 1.82) is 0 Å². The van der Waals surface area contributed by atoms with Crippen molar-refractivity contribution in [3.63, 3.8) is 0 Å². The minimum absolute atomic E-state index is 0.0429. The van der Waals surface area contributed by atoms with Gasteiger partial charge in [-0.2, -0.15) is 0 Å². The molecule has 0 aromatic rings. The second kappa shape index (κ2) is 7.27. The van der Waals surface area contributed by atoms with Crippen LogP contribution in [0.3, 0.4) is 0 Å². The molecule has 0 rings (SSSR count). The predicted molar refractivity (Wildman–Crippen MR) is 66.5 cm³/mol. The molecule has 0 heterocycles. The number of carboxylic acids is 1. The van der Waals surface area contributed by atoms with Gasteiger partial charge in [0.05, 0.1) is 6.04 Å². The van der Waals surface area contributed by atoms with Crippen LogP contribution in [-0.2, 0) is 9.59 Å². The van der Waals surface area contributed by atoms with Crippen LogP contribution in [-0.4, -0.2) is 29.1 Å². The monoisotopic (exact) mass is 244 g/mol. The summed E-state index contributed by atoms with van der Waals surface area (Å²) in [5.41, 5.74) is 5.76. The third kappa shape index (κ3) is 4.73. The van der Waals surface area contributed by atoms with Crippen LogP contribution in [0.5, 0.6) is 0 Å². The van der Waals surface area contributed by atoms with Gasteiger partial charge in [0.2, 0.25) is 5.91 Å². The van der Waals surface area contributed by atoms with Crippen LogP contribution in [0.2, 0.25) is 0 Å². The molecule has 0 spiro atoms. The summed E-state index contributed by atoms with van der Waals surface area (Å²) in [6, 6.07) is -1.51. The molecular formula is C12H24N2O3. The van der Waals surface area contributed by atoms with Crippen molar-refractivity contribution in [1.82, 2.24) is 5.32 Å². The van der Waals surface area contributed by atoms with Gasteiger partial charge in [-0.05, 0) is 11.8 Å². The molecule has 0 aliphatic heterocycles. The van der Waals surface area contributed by atoms with E-state index in [4.69, 9.17) is 10.8 Å². The second-order valence-electron chi connectivity index (χ2n) is 4.62. The number of amides is 1. The van der Waals surface area contributed by atoms with E-state index in [2.05, 4.69) is 5.32 Å². The van der Waals surface area contributed by atoms with Gasteiger partial charge < -0.3 is 16.2 Å². The molecule has 4 N–H and O–H groups in total. The molecule has 1 unspecified atom stereocenters. The summed E-state index contributed by atoms with van der Waals surface area (Å²) in [4.78, 5) is 22.8. The summed E-state index contributed by atoms with van der Waals surface area (Å²) in [6.07, 6.45) is 1.48. The Kier molecular flexibility index (Phi) is 6.80. The molecule has 0 aliphatic rings.